The molecule has 0 aromatic carbocycles. The van der Waals surface area contributed by atoms with Gasteiger partial charge in [0.15, 0.2) is 17.4 Å². The molecular weight excluding hydrogens is 118 g/mol. The Labute approximate surface area is 100 Å². The molecule has 0 amide bonds. The molecule has 4 heteroatoms. The standard InChI is InChI=1S/Al.K.Mg.H4Si.6H/h;;;1H4;;;;;;. The van der Waals surface area contributed by atoms with Gasteiger partial charge in [-0.05, 0) is 11.0 Å². The molecule has 0 saturated heterocycles. The first kappa shape index (κ1) is 27.2. The Kier molecular flexibility index (Phi) is 112. The SMILES string of the molecule is [AlH3].[KH].[MgH2].[SiH4]. The molecule has 0 aromatic heterocycles. The molecule has 0 spiro atoms. The summed E-state index contributed by atoms with van der Waals surface area (Å²) in [4.78, 5) is 0. The fraction of sp³-hybridized carbons (Fsp3) is 0. The van der Waals surface area contributed by atoms with Crippen molar-refractivity contribution >= 4 is 103 Å². The van der Waals surface area contributed by atoms with E-state index in [2.05, 4.69) is 0 Å². The van der Waals surface area contributed by atoms with Crippen LogP contribution in [-0.4, -0.2) is 103 Å². The van der Waals surface area contributed by atoms with Crippen molar-refractivity contribution < 1.29 is 0 Å². The van der Waals surface area contributed by atoms with Crippen molar-refractivity contribution in [3.63, 3.8) is 0 Å². The Balaban J connectivity index is 0. The van der Waals surface area contributed by atoms with Gasteiger partial charge in [0.25, 0.3) is 0 Å². The predicted octanol–water partition coefficient (Wildman–Crippen LogP) is -4.20. The molecule has 0 radical (unpaired) electrons. The van der Waals surface area contributed by atoms with E-state index in [0.717, 1.165) is 0 Å². The predicted molar refractivity (Wildman–Crippen MR) is 37.0 cm³/mol. The molecule has 0 aliphatic heterocycles. The first-order chi connectivity index (χ1) is 0. The Morgan fingerprint density at radius 2 is 1.00 bits per heavy atom. The van der Waals surface area contributed by atoms with E-state index < -0.39 is 0 Å². The summed E-state index contributed by atoms with van der Waals surface area (Å²) in [5.74, 6) is 0. The first-order valence-electron chi connectivity index (χ1n) is 0. The van der Waals surface area contributed by atoms with Gasteiger partial charge in [-0.3, -0.25) is 0 Å². The largest absolute Gasteiger partial charge is 0.316 e. The van der Waals surface area contributed by atoms with Crippen molar-refractivity contribution in [2.75, 3.05) is 0 Å². The fourth-order valence-corrected chi connectivity index (χ4v) is 0. The quantitative estimate of drug-likeness (QED) is 0.290. The summed E-state index contributed by atoms with van der Waals surface area (Å²) in [5.41, 5.74) is 0. The van der Waals surface area contributed by atoms with Gasteiger partial charge in [-0.15, -0.1) is 0 Å². The van der Waals surface area contributed by atoms with Gasteiger partial charge in [0, 0.05) is 0 Å². The topological polar surface area (TPSA) is 0 Å². The van der Waals surface area contributed by atoms with Crippen molar-refractivity contribution in [1.29, 1.82) is 0 Å². The van der Waals surface area contributed by atoms with E-state index in [1.165, 1.54) is 0 Å². The fourth-order valence-electron chi connectivity index (χ4n) is 0. The molecule has 0 fully saturated rings. The van der Waals surface area contributed by atoms with E-state index in [9.17, 15) is 0 Å². The van der Waals surface area contributed by atoms with Crippen LogP contribution in [0.15, 0.2) is 0 Å². The van der Waals surface area contributed by atoms with Crippen LogP contribution in [0.5, 0.6) is 0 Å². The smallest absolute Gasteiger partial charge is 0.0149 e. The van der Waals surface area contributed by atoms with Crippen molar-refractivity contribution in [1.82, 2.24) is 0 Å². The molecule has 0 rings (SSSR count). The van der Waals surface area contributed by atoms with Gasteiger partial charge in [-0.2, -0.15) is 0 Å². The third-order valence-corrected chi connectivity index (χ3v) is 0. The summed E-state index contributed by atoms with van der Waals surface area (Å²) in [6, 6.07) is 0. The normalized spacial score (nSPS) is 0. The van der Waals surface area contributed by atoms with Crippen LogP contribution in [0.3, 0.4) is 0 Å². The molecule has 0 aromatic rings. The first-order valence-corrected chi connectivity index (χ1v) is 0. The minimum Gasteiger partial charge on any atom is -0.0149 e. The maximum absolute atomic E-state index is 0. The second-order valence-electron chi connectivity index (χ2n) is 0. The van der Waals surface area contributed by atoms with Gasteiger partial charge in [0.05, 0.1) is 0 Å². The molecule has 20 valence electrons. The summed E-state index contributed by atoms with van der Waals surface area (Å²) in [5, 5.41) is 0. The summed E-state index contributed by atoms with van der Waals surface area (Å²) < 4.78 is 0. The van der Waals surface area contributed by atoms with Crippen LogP contribution in [0.25, 0.3) is 0 Å². The minimum absolute atomic E-state index is 0. The maximum atomic E-state index is 0. The summed E-state index contributed by atoms with van der Waals surface area (Å²) in [6.07, 6.45) is 0. The summed E-state index contributed by atoms with van der Waals surface area (Å²) >= 11 is 0. The molecule has 4 heavy (non-hydrogen) atoms. The van der Waals surface area contributed by atoms with Gasteiger partial charge in [0.2, 0.25) is 0 Å². The van der Waals surface area contributed by atoms with E-state index in [1.807, 2.05) is 0 Å². The second-order valence-corrected chi connectivity index (χ2v) is 0. The molecule has 0 heterocycles. The van der Waals surface area contributed by atoms with Crippen LogP contribution in [0.4, 0.5) is 0 Å². The third kappa shape index (κ3) is 8.94. The number of hydrogen-bond acceptors (Lipinski definition) is 0. The van der Waals surface area contributed by atoms with Gasteiger partial charge in [-0.1, -0.05) is 0 Å². The van der Waals surface area contributed by atoms with E-state index in [0.29, 0.717) is 0 Å². The van der Waals surface area contributed by atoms with Crippen molar-refractivity contribution in [3.05, 3.63) is 0 Å². The molecule has 0 N–H and O–H groups in total. The van der Waals surface area contributed by atoms with E-state index >= 15 is 0 Å². The summed E-state index contributed by atoms with van der Waals surface area (Å²) in [7, 11) is 0. The molecule has 0 nitrogen and oxygen atoms in total. The minimum atomic E-state index is 0. The third-order valence-electron chi connectivity index (χ3n) is 0. The van der Waals surface area contributed by atoms with Crippen LogP contribution in [0, 0.1) is 0 Å². The summed E-state index contributed by atoms with van der Waals surface area (Å²) in [6.45, 7) is 0. The van der Waals surface area contributed by atoms with Crippen LogP contribution in [0.2, 0.25) is 0 Å². The molecule has 0 unspecified atom stereocenters. The van der Waals surface area contributed by atoms with Crippen LogP contribution < -0.4 is 0 Å². The molecule has 0 atom stereocenters. The van der Waals surface area contributed by atoms with Gasteiger partial charge >= 0.3 is 74.4 Å². The molecule has 0 aliphatic carbocycles. The Hall–Kier alpha value is 3.15. The Bertz CT molecular complexity index is 8.00. The van der Waals surface area contributed by atoms with E-state index in [-0.39, 0.29) is 103 Å². The zero-order valence-corrected chi connectivity index (χ0v) is 0. The molecule has 0 bridgehead atoms. The average Bonchev–Trinajstić information content (AvgIpc) is 0. The maximum Gasteiger partial charge on any atom is 0.316 e. The van der Waals surface area contributed by atoms with Gasteiger partial charge in [0.1, 0.15) is 0 Å². The zero-order chi connectivity index (χ0) is 0. The van der Waals surface area contributed by atoms with Crippen molar-refractivity contribution in [2.24, 2.45) is 0 Å². The second kappa shape index (κ2) is 16.4. The number of hydrogen-bond donors (Lipinski definition) is 0. The van der Waals surface area contributed by atoms with Crippen LogP contribution >= 0.6 is 0 Å². The van der Waals surface area contributed by atoms with E-state index in [1.54, 1.807) is 0 Å². The molecular formula is H10AlKMgSi. The van der Waals surface area contributed by atoms with Crippen LogP contribution in [0.1, 0.15) is 0 Å². The van der Waals surface area contributed by atoms with Crippen molar-refractivity contribution in [3.8, 4) is 0 Å². The monoisotopic (exact) mass is 128 g/mol. The number of rotatable bonds is 0. The average molecular weight is 129 g/mol. The van der Waals surface area contributed by atoms with Crippen molar-refractivity contribution in [2.45, 2.75) is 0 Å². The van der Waals surface area contributed by atoms with E-state index in [4.69, 9.17) is 0 Å². The Morgan fingerprint density at radius 3 is 1.00 bits per heavy atom. The van der Waals surface area contributed by atoms with Gasteiger partial charge in [-0.25, -0.2) is 0 Å². The molecule has 0 saturated carbocycles. The van der Waals surface area contributed by atoms with Gasteiger partial charge < -0.3 is 0 Å². The van der Waals surface area contributed by atoms with Crippen LogP contribution in [-0.2, 0) is 0 Å². The molecule has 0 aliphatic rings. The zero-order valence-electron chi connectivity index (χ0n) is 0. The Morgan fingerprint density at radius 1 is 1.00 bits per heavy atom.